The number of aromatic nitrogens is 2. The summed E-state index contributed by atoms with van der Waals surface area (Å²) in [6.07, 6.45) is -0.876. The van der Waals surface area contributed by atoms with Gasteiger partial charge in [0.05, 0.1) is 0 Å². The van der Waals surface area contributed by atoms with E-state index in [2.05, 4.69) is 20.6 Å². The average Bonchev–Trinajstić information content (AvgIpc) is 2.47. The molecular formula is C15H20N4O2. The number of rotatable bonds is 6. The van der Waals surface area contributed by atoms with Crippen LogP contribution in [0.4, 0.5) is 11.6 Å². The minimum absolute atomic E-state index is 0.178. The summed E-state index contributed by atoms with van der Waals surface area (Å²) in [6.45, 7) is 3.52. The van der Waals surface area contributed by atoms with E-state index in [1.165, 1.54) is 0 Å². The van der Waals surface area contributed by atoms with E-state index in [9.17, 15) is 5.11 Å². The van der Waals surface area contributed by atoms with Gasteiger partial charge in [0.2, 0.25) is 0 Å². The smallest absolute Gasteiger partial charge is 0.163 e. The number of aliphatic hydroxyl groups excluding tert-OH is 1. The van der Waals surface area contributed by atoms with Crippen LogP contribution in [0.3, 0.4) is 0 Å². The van der Waals surface area contributed by atoms with Gasteiger partial charge in [0, 0.05) is 18.7 Å². The quantitative estimate of drug-likeness (QED) is 0.708. The predicted octanol–water partition coefficient (Wildman–Crippen LogP) is 2.30. The van der Waals surface area contributed by atoms with Crippen LogP contribution in [0.15, 0.2) is 36.4 Å². The molecule has 0 radical (unpaired) electrons. The van der Waals surface area contributed by atoms with Gasteiger partial charge in [-0.2, -0.15) is 0 Å². The van der Waals surface area contributed by atoms with E-state index in [-0.39, 0.29) is 6.23 Å². The summed E-state index contributed by atoms with van der Waals surface area (Å²) in [5.41, 5.74) is 0.903. The van der Waals surface area contributed by atoms with Crippen LogP contribution in [0.2, 0.25) is 0 Å². The maximum absolute atomic E-state index is 9.47. The number of anilines is 2. The molecular weight excluding hydrogens is 268 g/mol. The van der Waals surface area contributed by atoms with Crippen LogP contribution >= 0.6 is 0 Å². The lowest BCUT2D eigenvalue weighted by atomic mass is 10.2. The standard InChI is InChI=1S/C15H20N4O2/c1-10(20)16-13-9-14(17-11(2)21-3)19-15(18-13)12-7-5-4-6-8-12/h4-11,20H,1-3H3,(H2,16,17,18,19). The fraction of sp³-hybridized carbons (Fsp3) is 0.333. The van der Waals surface area contributed by atoms with Crippen LogP contribution in [0.5, 0.6) is 0 Å². The molecule has 0 fully saturated rings. The Kier molecular flexibility index (Phi) is 5.08. The Labute approximate surface area is 124 Å². The summed E-state index contributed by atoms with van der Waals surface area (Å²) in [5.74, 6) is 1.75. The van der Waals surface area contributed by atoms with Crippen molar-refractivity contribution in [3.05, 3.63) is 36.4 Å². The molecule has 0 saturated carbocycles. The maximum Gasteiger partial charge on any atom is 0.163 e. The van der Waals surface area contributed by atoms with Gasteiger partial charge in [0.15, 0.2) is 5.82 Å². The summed E-state index contributed by atoms with van der Waals surface area (Å²) in [5, 5.41) is 15.5. The fourth-order valence-electron chi connectivity index (χ4n) is 1.79. The first-order chi connectivity index (χ1) is 10.1. The number of ether oxygens (including phenoxy) is 1. The van der Waals surface area contributed by atoms with Crippen molar-refractivity contribution in [3.63, 3.8) is 0 Å². The molecule has 0 aliphatic rings. The molecule has 1 aromatic heterocycles. The third kappa shape index (κ3) is 4.40. The number of aliphatic hydroxyl groups is 1. The van der Waals surface area contributed by atoms with E-state index in [0.717, 1.165) is 5.56 Å². The summed E-state index contributed by atoms with van der Waals surface area (Å²) in [6, 6.07) is 11.4. The Hall–Kier alpha value is -2.18. The number of nitrogens with zero attached hydrogens (tertiary/aromatic N) is 2. The first-order valence-corrected chi connectivity index (χ1v) is 6.77. The van der Waals surface area contributed by atoms with E-state index >= 15 is 0 Å². The van der Waals surface area contributed by atoms with Crippen molar-refractivity contribution in [2.75, 3.05) is 17.7 Å². The molecule has 0 bridgehead atoms. The molecule has 0 saturated heterocycles. The summed E-state index contributed by atoms with van der Waals surface area (Å²) in [4.78, 5) is 8.89. The van der Waals surface area contributed by atoms with Crippen LogP contribution in [0.25, 0.3) is 11.4 Å². The Morgan fingerprint density at radius 3 is 2.24 bits per heavy atom. The Bertz CT molecular complexity index is 575. The number of benzene rings is 1. The lowest BCUT2D eigenvalue weighted by Gasteiger charge is -2.15. The highest BCUT2D eigenvalue weighted by Gasteiger charge is 2.09. The van der Waals surface area contributed by atoms with Gasteiger partial charge in [-0.25, -0.2) is 9.97 Å². The second-order valence-corrected chi connectivity index (χ2v) is 4.67. The van der Waals surface area contributed by atoms with Crippen LogP contribution in [-0.2, 0) is 4.74 Å². The Morgan fingerprint density at radius 2 is 1.67 bits per heavy atom. The molecule has 2 unspecified atom stereocenters. The SMILES string of the molecule is COC(C)Nc1cc(NC(C)O)nc(-c2ccccc2)n1. The molecule has 6 nitrogen and oxygen atoms in total. The van der Waals surface area contributed by atoms with Crippen molar-refractivity contribution < 1.29 is 9.84 Å². The first kappa shape index (κ1) is 15.2. The minimum atomic E-state index is -0.698. The zero-order chi connectivity index (χ0) is 15.2. The molecule has 0 aliphatic carbocycles. The molecule has 1 aromatic carbocycles. The van der Waals surface area contributed by atoms with Crippen molar-refractivity contribution >= 4 is 11.6 Å². The summed E-state index contributed by atoms with van der Waals surface area (Å²) in [7, 11) is 1.62. The largest absolute Gasteiger partial charge is 0.374 e. The highest BCUT2D eigenvalue weighted by molar-refractivity contribution is 5.61. The molecule has 2 atom stereocenters. The molecule has 6 heteroatoms. The molecule has 1 heterocycles. The minimum Gasteiger partial charge on any atom is -0.374 e. The van der Waals surface area contributed by atoms with Gasteiger partial charge in [-0.3, -0.25) is 0 Å². The van der Waals surface area contributed by atoms with Gasteiger partial charge in [-0.15, -0.1) is 0 Å². The van der Waals surface area contributed by atoms with Crippen molar-refractivity contribution in [3.8, 4) is 11.4 Å². The van der Waals surface area contributed by atoms with Crippen LogP contribution in [0.1, 0.15) is 13.8 Å². The highest BCUT2D eigenvalue weighted by atomic mass is 16.5. The van der Waals surface area contributed by atoms with Crippen molar-refractivity contribution in [2.45, 2.75) is 26.3 Å². The maximum atomic E-state index is 9.47. The second-order valence-electron chi connectivity index (χ2n) is 4.67. The van der Waals surface area contributed by atoms with Crippen molar-refractivity contribution in [1.82, 2.24) is 9.97 Å². The van der Waals surface area contributed by atoms with E-state index < -0.39 is 6.23 Å². The number of hydrogen-bond acceptors (Lipinski definition) is 6. The second kappa shape index (κ2) is 7.01. The molecule has 3 N–H and O–H groups in total. The number of nitrogens with one attached hydrogen (secondary N) is 2. The van der Waals surface area contributed by atoms with Crippen LogP contribution < -0.4 is 10.6 Å². The predicted molar refractivity (Wildman–Crippen MR) is 82.9 cm³/mol. The lowest BCUT2D eigenvalue weighted by Crippen LogP contribution is -2.19. The molecule has 0 aliphatic heterocycles. The summed E-state index contributed by atoms with van der Waals surface area (Å²) >= 11 is 0. The van der Waals surface area contributed by atoms with E-state index in [1.54, 1.807) is 20.1 Å². The Balaban J connectivity index is 2.37. The van der Waals surface area contributed by atoms with E-state index in [0.29, 0.717) is 17.5 Å². The highest BCUT2D eigenvalue weighted by Crippen LogP contribution is 2.20. The third-order valence-electron chi connectivity index (χ3n) is 2.82. The fourth-order valence-corrected chi connectivity index (χ4v) is 1.79. The monoisotopic (exact) mass is 288 g/mol. The molecule has 0 spiro atoms. The molecule has 2 rings (SSSR count). The average molecular weight is 288 g/mol. The number of hydrogen-bond donors (Lipinski definition) is 3. The van der Waals surface area contributed by atoms with Gasteiger partial charge in [0.1, 0.15) is 24.1 Å². The molecule has 21 heavy (non-hydrogen) atoms. The van der Waals surface area contributed by atoms with Gasteiger partial charge >= 0.3 is 0 Å². The zero-order valence-corrected chi connectivity index (χ0v) is 12.4. The van der Waals surface area contributed by atoms with Crippen LogP contribution in [-0.4, -0.2) is 34.6 Å². The van der Waals surface area contributed by atoms with Crippen molar-refractivity contribution in [1.29, 1.82) is 0 Å². The van der Waals surface area contributed by atoms with Crippen LogP contribution in [0, 0.1) is 0 Å². The van der Waals surface area contributed by atoms with E-state index in [1.807, 2.05) is 37.3 Å². The van der Waals surface area contributed by atoms with Gasteiger partial charge in [0.25, 0.3) is 0 Å². The molecule has 112 valence electrons. The first-order valence-electron chi connectivity index (χ1n) is 6.77. The topological polar surface area (TPSA) is 79.3 Å². The van der Waals surface area contributed by atoms with Gasteiger partial charge in [-0.1, -0.05) is 30.3 Å². The zero-order valence-electron chi connectivity index (χ0n) is 12.4. The molecule has 2 aromatic rings. The Morgan fingerprint density at radius 1 is 1.05 bits per heavy atom. The summed E-state index contributed by atoms with van der Waals surface area (Å²) < 4.78 is 5.18. The van der Waals surface area contributed by atoms with Crippen molar-refractivity contribution in [2.24, 2.45) is 0 Å². The molecule has 0 amide bonds. The van der Waals surface area contributed by atoms with Gasteiger partial charge in [-0.05, 0) is 13.8 Å². The lowest BCUT2D eigenvalue weighted by molar-refractivity contribution is 0.140. The third-order valence-corrected chi connectivity index (χ3v) is 2.82. The number of methoxy groups -OCH3 is 1. The normalized spacial score (nSPS) is 13.5. The van der Waals surface area contributed by atoms with E-state index in [4.69, 9.17) is 4.74 Å². The van der Waals surface area contributed by atoms with Gasteiger partial charge < -0.3 is 20.5 Å².